The van der Waals surface area contributed by atoms with Crippen LogP contribution in [0.5, 0.6) is 0 Å². The zero-order valence-electron chi connectivity index (χ0n) is 9.47. The molecule has 0 amide bonds. The first-order valence-corrected chi connectivity index (χ1v) is 5.42. The summed E-state index contributed by atoms with van der Waals surface area (Å²) >= 11 is 0. The van der Waals surface area contributed by atoms with Crippen LogP contribution < -0.4 is 0 Å². The van der Waals surface area contributed by atoms with E-state index in [2.05, 4.69) is 0 Å². The molecule has 0 fully saturated rings. The Bertz CT molecular complexity index is 545. The van der Waals surface area contributed by atoms with E-state index in [-0.39, 0.29) is 6.29 Å². The Morgan fingerprint density at radius 3 is 2.50 bits per heavy atom. The van der Waals surface area contributed by atoms with Gasteiger partial charge in [0.2, 0.25) is 0 Å². The maximum Gasteiger partial charge on any atom is 0.321 e. The molecule has 1 N–H and O–H groups in total. The summed E-state index contributed by atoms with van der Waals surface area (Å²) in [6.45, 7) is 0. The minimum absolute atomic E-state index is 0.271. The fourth-order valence-corrected chi connectivity index (χ4v) is 1.88. The molecule has 0 heterocycles. The molecule has 92 valence electrons. The molecule has 2 rings (SSSR count). The van der Waals surface area contributed by atoms with E-state index in [1.165, 1.54) is 12.2 Å². The zero-order valence-corrected chi connectivity index (χ0v) is 9.47. The number of hydrogen-bond acceptors (Lipinski definition) is 2. The van der Waals surface area contributed by atoms with Crippen LogP contribution in [0.3, 0.4) is 0 Å². The van der Waals surface area contributed by atoms with E-state index in [1.807, 2.05) is 6.07 Å². The van der Waals surface area contributed by atoms with E-state index in [4.69, 9.17) is 5.11 Å². The second-order valence-corrected chi connectivity index (χ2v) is 4.16. The lowest BCUT2D eigenvalue weighted by molar-refractivity contribution is -0.148. The van der Waals surface area contributed by atoms with Gasteiger partial charge in [-0.25, -0.2) is 4.39 Å². The number of carboxylic acids is 1. The lowest BCUT2D eigenvalue weighted by atomic mass is 9.79. The molecular formula is C14H11FO3. The van der Waals surface area contributed by atoms with Gasteiger partial charge in [0.25, 0.3) is 0 Å². The number of hydrogen-bond donors (Lipinski definition) is 1. The molecule has 4 heteroatoms. The maximum atomic E-state index is 14.0. The highest BCUT2D eigenvalue weighted by Crippen LogP contribution is 2.37. The predicted molar refractivity (Wildman–Crippen MR) is 64.4 cm³/mol. The average molecular weight is 246 g/mol. The van der Waals surface area contributed by atoms with Crippen LogP contribution in [0.2, 0.25) is 0 Å². The molecule has 0 aromatic heterocycles. The first kappa shape index (κ1) is 12.2. The summed E-state index contributed by atoms with van der Waals surface area (Å²) in [4.78, 5) is 21.9. The summed E-state index contributed by atoms with van der Waals surface area (Å²) in [5.74, 6) is -1.92. The van der Waals surface area contributed by atoms with Crippen molar-refractivity contribution in [3.8, 4) is 0 Å². The molecule has 1 aliphatic rings. The lowest BCUT2D eigenvalue weighted by Gasteiger charge is -2.23. The second kappa shape index (κ2) is 4.56. The van der Waals surface area contributed by atoms with E-state index in [9.17, 15) is 14.0 Å². The molecule has 1 unspecified atom stereocenters. The van der Waals surface area contributed by atoms with Crippen molar-refractivity contribution in [2.24, 2.45) is 5.41 Å². The Labute approximate surface area is 103 Å². The van der Waals surface area contributed by atoms with Gasteiger partial charge in [-0.2, -0.15) is 0 Å². The van der Waals surface area contributed by atoms with Crippen molar-refractivity contribution in [1.29, 1.82) is 0 Å². The van der Waals surface area contributed by atoms with Crippen LogP contribution in [-0.2, 0) is 9.59 Å². The topological polar surface area (TPSA) is 54.4 Å². The van der Waals surface area contributed by atoms with Gasteiger partial charge in [-0.1, -0.05) is 42.5 Å². The van der Waals surface area contributed by atoms with Crippen LogP contribution in [0.25, 0.3) is 5.57 Å². The summed E-state index contributed by atoms with van der Waals surface area (Å²) in [5.41, 5.74) is -0.784. The highest BCUT2D eigenvalue weighted by atomic mass is 19.1. The minimum Gasteiger partial charge on any atom is -0.480 e. The largest absolute Gasteiger partial charge is 0.480 e. The molecule has 0 radical (unpaired) electrons. The summed E-state index contributed by atoms with van der Waals surface area (Å²) in [5, 5.41) is 8.99. The van der Waals surface area contributed by atoms with E-state index in [0.717, 1.165) is 0 Å². The Balaban J connectivity index is 2.40. The normalized spacial score (nSPS) is 22.9. The number of rotatable bonds is 3. The Kier molecular flexibility index (Phi) is 3.10. The molecule has 1 aromatic carbocycles. The third-order valence-corrected chi connectivity index (χ3v) is 2.98. The Morgan fingerprint density at radius 1 is 1.33 bits per heavy atom. The molecule has 0 saturated heterocycles. The van der Waals surface area contributed by atoms with Crippen LogP contribution in [0, 0.1) is 5.41 Å². The van der Waals surface area contributed by atoms with Crippen molar-refractivity contribution >= 4 is 17.8 Å². The zero-order chi connectivity index (χ0) is 13.2. The SMILES string of the molecule is O=CC1(C(=O)O)C=CC(c2ccccc2)=C(F)C1. The smallest absolute Gasteiger partial charge is 0.321 e. The third-order valence-electron chi connectivity index (χ3n) is 2.98. The number of benzene rings is 1. The van der Waals surface area contributed by atoms with Gasteiger partial charge in [-0.3, -0.25) is 4.79 Å². The second-order valence-electron chi connectivity index (χ2n) is 4.16. The van der Waals surface area contributed by atoms with Gasteiger partial charge in [-0.05, 0) is 5.56 Å². The van der Waals surface area contributed by atoms with Gasteiger partial charge >= 0.3 is 5.97 Å². The highest BCUT2D eigenvalue weighted by Gasteiger charge is 2.39. The van der Waals surface area contributed by atoms with E-state index < -0.39 is 23.6 Å². The van der Waals surface area contributed by atoms with E-state index in [1.54, 1.807) is 24.3 Å². The number of carbonyl (C=O) groups is 2. The fraction of sp³-hybridized carbons (Fsp3) is 0.143. The summed E-state index contributed by atoms with van der Waals surface area (Å²) in [6.07, 6.45) is 2.43. The van der Waals surface area contributed by atoms with Crippen LogP contribution >= 0.6 is 0 Å². The van der Waals surface area contributed by atoms with Gasteiger partial charge in [0.15, 0.2) is 0 Å². The van der Waals surface area contributed by atoms with Crippen molar-refractivity contribution in [3.63, 3.8) is 0 Å². The van der Waals surface area contributed by atoms with Crippen molar-refractivity contribution in [1.82, 2.24) is 0 Å². The molecule has 0 spiro atoms. The molecule has 18 heavy (non-hydrogen) atoms. The van der Waals surface area contributed by atoms with Crippen molar-refractivity contribution in [2.75, 3.05) is 0 Å². The minimum atomic E-state index is -1.78. The van der Waals surface area contributed by atoms with Gasteiger partial charge in [-0.15, -0.1) is 0 Å². The number of aliphatic carboxylic acids is 1. The number of carboxylic acid groups (broad SMARTS) is 1. The molecule has 1 atom stereocenters. The molecule has 0 saturated carbocycles. The summed E-state index contributed by atoms with van der Waals surface area (Å²) in [7, 11) is 0. The summed E-state index contributed by atoms with van der Waals surface area (Å²) in [6, 6.07) is 8.80. The van der Waals surface area contributed by atoms with Gasteiger partial charge in [0.1, 0.15) is 17.5 Å². The van der Waals surface area contributed by atoms with Crippen LogP contribution in [0.4, 0.5) is 4.39 Å². The van der Waals surface area contributed by atoms with Gasteiger partial charge in [0, 0.05) is 12.0 Å². The molecular weight excluding hydrogens is 235 g/mol. The number of allylic oxidation sites excluding steroid dienone is 3. The highest BCUT2D eigenvalue weighted by molar-refractivity contribution is 5.97. The van der Waals surface area contributed by atoms with Crippen LogP contribution in [0.1, 0.15) is 12.0 Å². The monoisotopic (exact) mass is 246 g/mol. The Morgan fingerprint density at radius 2 is 2.00 bits per heavy atom. The van der Waals surface area contributed by atoms with Crippen LogP contribution in [-0.4, -0.2) is 17.4 Å². The first-order chi connectivity index (χ1) is 8.59. The van der Waals surface area contributed by atoms with Crippen LogP contribution in [0.15, 0.2) is 48.3 Å². The van der Waals surface area contributed by atoms with E-state index >= 15 is 0 Å². The number of halogens is 1. The number of aldehydes is 1. The van der Waals surface area contributed by atoms with Crippen molar-refractivity contribution < 1.29 is 19.1 Å². The molecule has 3 nitrogen and oxygen atoms in total. The average Bonchev–Trinajstić information content (AvgIpc) is 2.39. The molecule has 1 aromatic rings. The summed E-state index contributed by atoms with van der Waals surface area (Å²) < 4.78 is 14.0. The maximum absolute atomic E-state index is 14.0. The molecule has 0 bridgehead atoms. The first-order valence-electron chi connectivity index (χ1n) is 5.42. The standard InChI is InChI=1S/C14H11FO3/c15-12-8-14(9-16,13(17)18)7-6-11(12)10-4-2-1-3-5-10/h1-7,9H,8H2,(H,17,18). The third kappa shape index (κ3) is 1.97. The van der Waals surface area contributed by atoms with Crippen molar-refractivity contribution in [2.45, 2.75) is 6.42 Å². The fourth-order valence-electron chi connectivity index (χ4n) is 1.88. The lowest BCUT2D eigenvalue weighted by Crippen LogP contribution is -2.32. The molecule has 0 aliphatic heterocycles. The number of carbonyl (C=O) groups excluding carboxylic acids is 1. The quantitative estimate of drug-likeness (QED) is 0.658. The molecule has 1 aliphatic carbocycles. The van der Waals surface area contributed by atoms with E-state index in [0.29, 0.717) is 11.1 Å². The Hall–Kier alpha value is -2.23. The van der Waals surface area contributed by atoms with Gasteiger partial charge < -0.3 is 9.90 Å². The predicted octanol–water partition coefficient (Wildman–Crippen LogP) is 2.60. The van der Waals surface area contributed by atoms with Crippen molar-refractivity contribution in [3.05, 3.63) is 53.9 Å². The van der Waals surface area contributed by atoms with Gasteiger partial charge in [0.05, 0.1) is 0 Å².